The van der Waals surface area contributed by atoms with Gasteiger partial charge in [-0.3, -0.25) is 0 Å². The third-order valence-electron chi connectivity index (χ3n) is 2.57. The van der Waals surface area contributed by atoms with E-state index in [1.807, 2.05) is 0 Å². The van der Waals surface area contributed by atoms with Crippen molar-refractivity contribution in [2.45, 2.75) is 18.8 Å². The maximum absolute atomic E-state index is 11.0. The molecule has 2 aromatic rings. The normalized spacial score (nSPS) is 15.7. The highest BCUT2D eigenvalue weighted by atomic mass is 32.1. The number of carbonyl (C=O) groups is 1. The van der Waals surface area contributed by atoms with Crippen LogP contribution in [0.4, 0.5) is 0 Å². The van der Waals surface area contributed by atoms with Crippen LogP contribution >= 0.6 is 0 Å². The van der Waals surface area contributed by atoms with E-state index < -0.39 is 0 Å². The molecule has 0 aliphatic heterocycles. The minimum Gasteiger partial charge on any atom is -0.737 e. The predicted octanol–water partition coefficient (Wildman–Crippen LogP) is 2.39. The summed E-state index contributed by atoms with van der Waals surface area (Å²) < 4.78 is 5.57. The molecule has 76 valence electrons. The van der Waals surface area contributed by atoms with Crippen molar-refractivity contribution in [2.75, 3.05) is 0 Å². The van der Waals surface area contributed by atoms with Crippen LogP contribution in [0.1, 0.15) is 35.0 Å². The van der Waals surface area contributed by atoms with Gasteiger partial charge in [-0.1, -0.05) is 0 Å². The molecule has 3 nitrogen and oxygen atoms in total. The van der Waals surface area contributed by atoms with Crippen molar-refractivity contribution in [3.8, 4) is 0 Å². The van der Waals surface area contributed by atoms with Gasteiger partial charge in [-0.05, 0) is 36.6 Å². The predicted molar refractivity (Wildman–Crippen MR) is 57.7 cm³/mol. The molecule has 0 unspecified atom stereocenters. The molecule has 0 atom stereocenters. The van der Waals surface area contributed by atoms with Crippen LogP contribution in [0.15, 0.2) is 22.6 Å². The van der Waals surface area contributed by atoms with Crippen LogP contribution in [0.3, 0.4) is 0 Å². The van der Waals surface area contributed by atoms with Gasteiger partial charge in [0, 0.05) is 11.0 Å². The number of rotatable bonds is 2. The SMILES string of the molecule is O=C([S-])c1ccc2oc(C3CC3)nc2c1. The zero-order chi connectivity index (χ0) is 10.4. The molecule has 4 heteroatoms. The zero-order valence-electron chi connectivity index (χ0n) is 7.90. The van der Waals surface area contributed by atoms with Gasteiger partial charge in [-0.15, -0.1) is 0 Å². The number of hydrogen-bond donors (Lipinski definition) is 0. The number of hydrogen-bond acceptors (Lipinski definition) is 4. The summed E-state index contributed by atoms with van der Waals surface area (Å²) in [5, 5.41) is -0.354. The summed E-state index contributed by atoms with van der Waals surface area (Å²) in [4.78, 5) is 15.4. The molecule has 1 aliphatic carbocycles. The molecule has 0 amide bonds. The largest absolute Gasteiger partial charge is 0.737 e. The fourth-order valence-electron chi connectivity index (χ4n) is 1.58. The summed E-state index contributed by atoms with van der Waals surface area (Å²) in [6, 6.07) is 5.13. The first kappa shape index (κ1) is 8.85. The van der Waals surface area contributed by atoms with Crippen LogP contribution in [0.2, 0.25) is 0 Å². The van der Waals surface area contributed by atoms with Gasteiger partial charge in [0.25, 0.3) is 0 Å². The average Bonchev–Trinajstić information content (AvgIpc) is 2.97. The zero-order valence-corrected chi connectivity index (χ0v) is 8.71. The maximum atomic E-state index is 11.0. The van der Waals surface area contributed by atoms with E-state index in [1.54, 1.807) is 18.2 Å². The molecule has 0 bridgehead atoms. The molecule has 0 N–H and O–H groups in total. The van der Waals surface area contributed by atoms with Gasteiger partial charge >= 0.3 is 0 Å². The lowest BCUT2D eigenvalue weighted by Gasteiger charge is -2.01. The third kappa shape index (κ3) is 1.51. The Morgan fingerprint density at radius 3 is 2.93 bits per heavy atom. The Morgan fingerprint density at radius 2 is 2.27 bits per heavy atom. The first-order chi connectivity index (χ1) is 7.24. The molecular weight excluding hydrogens is 210 g/mol. The second-order valence-electron chi connectivity index (χ2n) is 3.80. The number of carbonyl (C=O) groups excluding carboxylic acids is 1. The van der Waals surface area contributed by atoms with Crippen molar-refractivity contribution >= 4 is 28.8 Å². The molecule has 15 heavy (non-hydrogen) atoms. The summed E-state index contributed by atoms with van der Waals surface area (Å²) in [5.41, 5.74) is 1.97. The fourth-order valence-corrected chi connectivity index (χ4v) is 1.70. The molecular formula is C11H8NO2S-. The second kappa shape index (κ2) is 3.03. The standard InChI is InChI=1S/C11H9NO2S/c13-11(15)7-3-4-9-8(5-7)12-10(14-9)6-1-2-6/h3-6H,1-2H2,(H,13,15)/p-1. The highest BCUT2D eigenvalue weighted by molar-refractivity contribution is 7.77. The summed E-state index contributed by atoms with van der Waals surface area (Å²) in [6.07, 6.45) is 2.30. The fraction of sp³-hybridized carbons (Fsp3) is 0.273. The van der Waals surface area contributed by atoms with Crippen LogP contribution < -0.4 is 0 Å². The summed E-state index contributed by atoms with van der Waals surface area (Å²) in [5.74, 6) is 1.28. The van der Waals surface area contributed by atoms with Crippen LogP contribution in [0, 0.1) is 0 Å². The van der Waals surface area contributed by atoms with Crippen molar-refractivity contribution in [3.63, 3.8) is 0 Å². The van der Waals surface area contributed by atoms with E-state index in [0.29, 0.717) is 11.5 Å². The van der Waals surface area contributed by atoms with Gasteiger partial charge < -0.3 is 21.8 Å². The van der Waals surface area contributed by atoms with Crippen LogP contribution in [-0.2, 0) is 12.6 Å². The smallest absolute Gasteiger partial charge is 0.198 e. The number of benzene rings is 1. The monoisotopic (exact) mass is 218 g/mol. The molecule has 0 radical (unpaired) electrons. The Bertz CT molecular complexity index is 543. The van der Waals surface area contributed by atoms with E-state index in [-0.39, 0.29) is 5.12 Å². The number of oxazole rings is 1. The highest BCUT2D eigenvalue weighted by Crippen LogP contribution is 2.40. The van der Waals surface area contributed by atoms with Crippen LogP contribution in [0.5, 0.6) is 0 Å². The summed E-state index contributed by atoms with van der Waals surface area (Å²) >= 11 is 4.58. The molecule has 1 aliphatic rings. The second-order valence-corrected chi connectivity index (χ2v) is 4.17. The molecule has 1 aromatic carbocycles. The molecule has 0 saturated heterocycles. The van der Waals surface area contributed by atoms with Crippen molar-refractivity contribution in [1.29, 1.82) is 0 Å². The van der Waals surface area contributed by atoms with E-state index in [0.717, 1.165) is 29.8 Å². The minimum absolute atomic E-state index is 0.354. The topological polar surface area (TPSA) is 43.1 Å². The van der Waals surface area contributed by atoms with E-state index in [9.17, 15) is 4.79 Å². The van der Waals surface area contributed by atoms with Crippen molar-refractivity contribution in [2.24, 2.45) is 0 Å². The Kier molecular flexibility index (Phi) is 1.79. The summed E-state index contributed by atoms with van der Waals surface area (Å²) in [6.45, 7) is 0. The number of fused-ring (bicyclic) bond motifs is 1. The lowest BCUT2D eigenvalue weighted by Crippen LogP contribution is -1.91. The van der Waals surface area contributed by atoms with E-state index in [4.69, 9.17) is 4.42 Å². The van der Waals surface area contributed by atoms with E-state index in [1.165, 1.54) is 0 Å². The lowest BCUT2D eigenvalue weighted by molar-refractivity contribution is 0.109. The summed E-state index contributed by atoms with van der Waals surface area (Å²) in [7, 11) is 0. The first-order valence-corrected chi connectivity index (χ1v) is 5.27. The quantitative estimate of drug-likeness (QED) is 0.726. The Balaban J connectivity index is 2.13. The minimum atomic E-state index is -0.354. The first-order valence-electron chi connectivity index (χ1n) is 4.86. The molecule has 0 spiro atoms. The molecule has 1 heterocycles. The number of aromatic nitrogens is 1. The molecule has 1 saturated carbocycles. The van der Waals surface area contributed by atoms with Gasteiger partial charge in [0.1, 0.15) is 5.52 Å². The Hall–Kier alpha value is -1.42. The highest BCUT2D eigenvalue weighted by Gasteiger charge is 2.28. The van der Waals surface area contributed by atoms with Crippen molar-refractivity contribution in [3.05, 3.63) is 29.7 Å². The van der Waals surface area contributed by atoms with Gasteiger partial charge in [-0.2, -0.15) is 0 Å². The van der Waals surface area contributed by atoms with Gasteiger partial charge in [0.2, 0.25) is 0 Å². The third-order valence-corrected chi connectivity index (χ3v) is 2.80. The van der Waals surface area contributed by atoms with Crippen LogP contribution in [0.25, 0.3) is 11.1 Å². The van der Waals surface area contributed by atoms with Gasteiger partial charge in [0.05, 0.1) is 0 Å². The molecule has 3 rings (SSSR count). The van der Waals surface area contributed by atoms with Crippen LogP contribution in [-0.4, -0.2) is 10.1 Å². The Morgan fingerprint density at radius 1 is 1.47 bits per heavy atom. The molecule has 1 aromatic heterocycles. The Labute approximate surface area is 91.9 Å². The molecule has 1 fully saturated rings. The van der Waals surface area contributed by atoms with Gasteiger partial charge in [0.15, 0.2) is 11.5 Å². The van der Waals surface area contributed by atoms with Crippen molar-refractivity contribution in [1.82, 2.24) is 4.98 Å². The maximum Gasteiger partial charge on any atom is 0.198 e. The number of nitrogens with zero attached hydrogens (tertiary/aromatic N) is 1. The lowest BCUT2D eigenvalue weighted by atomic mass is 10.2. The van der Waals surface area contributed by atoms with E-state index >= 15 is 0 Å². The van der Waals surface area contributed by atoms with Gasteiger partial charge in [-0.25, -0.2) is 4.98 Å². The average molecular weight is 218 g/mol. The van der Waals surface area contributed by atoms with Crippen molar-refractivity contribution < 1.29 is 9.21 Å². The van der Waals surface area contributed by atoms with E-state index in [2.05, 4.69) is 17.6 Å².